The molecule has 0 aromatic heterocycles. The van der Waals surface area contributed by atoms with E-state index in [1.807, 2.05) is 18.9 Å². The Labute approximate surface area is 121 Å². The minimum Gasteiger partial charge on any atom is -0.469 e. The maximum Gasteiger partial charge on any atom is 0.309 e. The molecule has 0 aliphatic rings. The van der Waals surface area contributed by atoms with Crippen molar-refractivity contribution >= 4 is 21.9 Å². The van der Waals surface area contributed by atoms with Gasteiger partial charge in [0.1, 0.15) is 5.82 Å². The Morgan fingerprint density at radius 2 is 2.21 bits per heavy atom. The number of esters is 1. The fraction of sp³-hybridized carbons (Fsp3) is 0.500. The molecule has 19 heavy (non-hydrogen) atoms. The Morgan fingerprint density at radius 3 is 2.79 bits per heavy atom. The molecule has 1 rings (SSSR count). The van der Waals surface area contributed by atoms with Crippen molar-refractivity contribution in [3.63, 3.8) is 0 Å². The molecule has 0 spiro atoms. The van der Waals surface area contributed by atoms with E-state index in [-0.39, 0.29) is 17.7 Å². The molecule has 0 heterocycles. The van der Waals surface area contributed by atoms with Crippen LogP contribution in [0.1, 0.15) is 18.9 Å². The van der Waals surface area contributed by atoms with Gasteiger partial charge in [0.15, 0.2) is 0 Å². The lowest BCUT2D eigenvalue weighted by Crippen LogP contribution is -2.30. The van der Waals surface area contributed by atoms with Gasteiger partial charge in [-0.2, -0.15) is 0 Å². The lowest BCUT2D eigenvalue weighted by Gasteiger charge is -2.21. The van der Waals surface area contributed by atoms with Crippen molar-refractivity contribution in [3.05, 3.63) is 34.1 Å². The number of hydrogen-bond donors (Lipinski definition) is 0. The number of nitrogens with zero attached hydrogens (tertiary/aromatic N) is 1. The molecule has 106 valence electrons. The van der Waals surface area contributed by atoms with Crippen LogP contribution >= 0.6 is 15.9 Å². The quantitative estimate of drug-likeness (QED) is 0.749. The van der Waals surface area contributed by atoms with E-state index >= 15 is 0 Å². The first-order valence-corrected chi connectivity index (χ1v) is 6.97. The summed E-state index contributed by atoms with van der Waals surface area (Å²) in [6.07, 6.45) is 0.706. The van der Waals surface area contributed by atoms with Crippen LogP contribution in [0.25, 0.3) is 0 Å². The standard InChI is InChI=1S/C14H19BrFNO2/c1-4-10(14(18)19-3)8-17(2)9-11-7-12(15)5-6-13(11)16/h5-7,10H,4,8-9H2,1-3H3. The first kappa shape index (κ1) is 16.1. The molecule has 0 fully saturated rings. The zero-order chi connectivity index (χ0) is 14.4. The molecule has 5 heteroatoms. The van der Waals surface area contributed by atoms with Crippen LogP contribution < -0.4 is 0 Å². The Hall–Kier alpha value is -0.940. The van der Waals surface area contributed by atoms with Crippen LogP contribution in [0.3, 0.4) is 0 Å². The van der Waals surface area contributed by atoms with E-state index < -0.39 is 0 Å². The van der Waals surface area contributed by atoms with E-state index in [0.717, 1.165) is 4.47 Å². The van der Waals surface area contributed by atoms with Crippen molar-refractivity contribution in [2.45, 2.75) is 19.9 Å². The van der Waals surface area contributed by atoms with Crippen LogP contribution in [0.4, 0.5) is 4.39 Å². The van der Waals surface area contributed by atoms with Gasteiger partial charge in [-0.1, -0.05) is 22.9 Å². The summed E-state index contributed by atoms with van der Waals surface area (Å²) in [4.78, 5) is 13.4. The molecule has 0 bridgehead atoms. The van der Waals surface area contributed by atoms with Crippen molar-refractivity contribution in [3.8, 4) is 0 Å². The molecule has 0 N–H and O–H groups in total. The first-order valence-electron chi connectivity index (χ1n) is 6.18. The van der Waals surface area contributed by atoms with Gasteiger partial charge in [-0.25, -0.2) is 4.39 Å². The molecule has 0 saturated carbocycles. The number of halogens is 2. The maximum absolute atomic E-state index is 13.6. The second kappa shape index (κ2) is 7.60. The van der Waals surface area contributed by atoms with Crippen LogP contribution in [0, 0.1) is 11.7 Å². The number of benzene rings is 1. The Kier molecular flexibility index (Phi) is 6.45. The van der Waals surface area contributed by atoms with Crippen molar-refractivity contribution in [1.29, 1.82) is 0 Å². The fourth-order valence-electron chi connectivity index (χ4n) is 1.93. The van der Waals surface area contributed by atoms with Crippen LogP contribution in [0.2, 0.25) is 0 Å². The molecule has 0 saturated heterocycles. The van der Waals surface area contributed by atoms with Crippen LogP contribution in [0.15, 0.2) is 22.7 Å². The fourth-order valence-corrected chi connectivity index (χ4v) is 2.34. The number of carbonyl (C=O) groups excluding carboxylic acids is 1. The molecule has 3 nitrogen and oxygen atoms in total. The molecule has 0 radical (unpaired) electrons. The molecule has 0 amide bonds. The minimum atomic E-state index is -0.235. The van der Waals surface area contributed by atoms with Crippen LogP contribution in [-0.4, -0.2) is 31.6 Å². The van der Waals surface area contributed by atoms with Crippen molar-refractivity contribution in [1.82, 2.24) is 4.90 Å². The third kappa shape index (κ3) is 4.91. The summed E-state index contributed by atoms with van der Waals surface area (Å²) in [5.74, 6) is -0.629. The highest BCUT2D eigenvalue weighted by atomic mass is 79.9. The summed E-state index contributed by atoms with van der Waals surface area (Å²) in [7, 11) is 3.25. The van der Waals surface area contributed by atoms with Gasteiger partial charge in [-0.3, -0.25) is 4.79 Å². The molecule has 1 atom stereocenters. The third-order valence-electron chi connectivity index (χ3n) is 3.01. The van der Waals surface area contributed by atoms with E-state index in [1.165, 1.54) is 13.2 Å². The molecule has 1 aromatic rings. The minimum absolute atomic E-state index is 0.176. The number of methoxy groups -OCH3 is 1. The highest BCUT2D eigenvalue weighted by Crippen LogP contribution is 2.17. The molecule has 1 aromatic carbocycles. The largest absolute Gasteiger partial charge is 0.469 e. The second-order valence-corrected chi connectivity index (χ2v) is 5.48. The van der Waals surface area contributed by atoms with E-state index in [9.17, 15) is 9.18 Å². The number of rotatable bonds is 6. The first-order chi connectivity index (χ1) is 8.97. The number of hydrogen-bond acceptors (Lipinski definition) is 3. The van der Waals surface area contributed by atoms with E-state index in [2.05, 4.69) is 15.9 Å². The zero-order valence-corrected chi connectivity index (χ0v) is 13.0. The Balaban J connectivity index is 2.66. The highest BCUT2D eigenvalue weighted by molar-refractivity contribution is 9.10. The average molecular weight is 332 g/mol. The highest BCUT2D eigenvalue weighted by Gasteiger charge is 2.19. The summed E-state index contributed by atoms with van der Waals surface area (Å²) in [6.45, 7) is 2.95. The zero-order valence-electron chi connectivity index (χ0n) is 11.5. The average Bonchev–Trinajstić information content (AvgIpc) is 2.39. The summed E-state index contributed by atoms with van der Waals surface area (Å²) in [6, 6.07) is 4.86. The van der Waals surface area contributed by atoms with Crippen molar-refractivity contribution < 1.29 is 13.9 Å². The normalized spacial score (nSPS) is 12.5. The molecule has 1 unspecified atom stereocenters. The molecular weight excluding hydrogens is 313 g/mol. The third-order valence-corrected chi connectivity index (χ3v) is 3.50. The lowest BCUT2D eigenvalue weighted by molar-refractivity contribution is -0.146. The van der Waals surface area contributed by atoms with Gasteiger partial charge in [0.05, 0.1) is 13.0 Å². The number of carbonyl (C=O) groups is 1. The smallest absolute Gasteiger partial charge is 0.309 e. The summed E-state index contributed by atoms with van der Waals surface area (Å²) in [5, 5.41) is 0. The monoisotopic (exact) mass is 331 g/mol. The summed E-state index contributed by atoms with van der Waals surface area (Å²) < 4.78 is 19.2. The molecular formula is C14H19BrFNO2. The Bertz CT molecular complexity index is 439. The lowest BCUT2D eigenvalue weighted by atomic mass is 10.1. The van der Waals surface area contributed by atoms with Crippen LogP contribution in [-0.2, 0) is 16.1 Å². The van der Waals surface area contributed by atoms with Gasteiger partial charge in [0.25, 0.3) is 0 Å². The summed E-state index contributed by atoms with van der Waals surface area (Å²) in [5.41, 5.74) is 0.608. The predicted octanol–water partition coefficient (Wildman–Crippen LogP) is 3.22. The van der Waals surface area contributed by atoms with Gasteiger partial charge < -0.3 is 9.64 Å². The maximum atomic E-state index is 13.6. The predicted molar refractivity (Wildman–Crippen MR) is 76.2 cm³/mol. The SMILES string of the molecule is CCC(CN(C)Cc1cc(Br)ccc1F)C(=O)OC. The van der Waals surface area contributed by atoms with Gasteiger partial charge >= 0.3 is 5.97 Å². The topological polar surface area (TPSA) is 29.5 Å². The second-order valence-electron chi connectivity index (χ2n) is 4.56. The van der Waals surface area contributed by atoms with Crippen LogP contribution in [0.5, 0.6) is 0 Å². The van der Waals surface area contributed by atoms with Gasteiger partial charge in [-0.15, -0.1) is 0 Å². The van der Waals surface area contributed by atoms with Crippen molar-refractivity contribution in [2.75, 3.05) is 20.7 Å². The van der Waals surface area contributed by atoms with E-state index in [0.29, 0.717) is 25.1 Å². The molecule has 0 aliphatic heterocycles. The van der Waals surface area contributed by atoms with E-state index in [1.54, 1.807) is 12.1 Å². The van der Waals surface area contributed by atoms with Gasteiger partial charge in [-0.05, 0) is 31.7 Å². The number of ether oxygens (including phenoxy) is 1. The Morgan fingerprint density at radius 1 is 1.53 bits per heavy atom. The van der Waals surface area contributed by atoms with Gasteiger partial charge in [0.2, 0.25) is 0 Å². The van der Waals surface area contributed by atoms with E-state index in [4.69, 9.17) is 4.74 Å². The summed E-state index contributed by atoms with van der Waals surface area (Å²) >= 11 is 3.33. The molecule has 0 aliphatic carbocycles. The van der Waals surface area contributed by atoms with Gasteiger partial charge in [0, 0.05) is 23.1 Å². The van der Waals surface area contributed by atoms with Crippen molar-refractivity contribution in [2.24, 2.45) is 5.92 Å².